The maximum Gasteiger partial charge on any atom is 0.211 e. The summed E-state index contributed by atoms with van der Waals surface area (Å²) in [6, 6.07) is 6.93. The first-order valence-electron chi connectivity index (χ1n) is 7.48. The van der Waals surface area contributed by atoms with Gasteiger partial charge in [-0.05, 0) is 44.3 Å². The molecule has 2 aromatic rings. The Kier molecular flexibility index (Phi) is 6.27. The van der Waals surface area contributed by atoms with E-state index in [1.165, 1.54) is 0 Å². The molecule has 2 rings (SSSR count). The van der Waals surface area contributed by atoms with Crippen molar-refractivity contribution in [3.63, 3.8) is 0 Å². The van der Waals surface area contributed by atoms with Crippen molar-refractivity contribution in [2.45, 2.75) is 12.1 Å². The lowest BCUT2D eigenvalue weighted by Gasteiger charge is -2.16. The normalized spacial score (nSPS) is 12.6. The van der Waals surface area contributed by atoms with E-state index in [-0.39, 0.29) is 5.78 Å². The van der Waals surface area contributed by atoms with Gasteiger partial charge in [-0.2, -0.15) is 0 Å². The molecule has 0 aliphatic heterocycles. The van der Waals surface area contributed by atoms with Crippen LogP contribution in [-0.2, 0) is 7.05 Å². The van der Waals surface area contributed by atoms with Crippen molar-refractivity contribution < 1.29 is 4.79 Å². The Labute approximate surface area is 146 Å². The van der Waals surface area contributed by atoms with Crippen LogP contribution in [0.2, 0.25) is 5.02 Å². The fourth-order valence-corrected chi connectivity index (χ4v) is 3.46. The fraction of sp³-hybridized carbons (Fsp3) is 0.412. The Morgan fingerprint density at radius 3 is 2.61 bits per heavy atom. The summed E-state index contributed by atoms with van der Waals surface area (Å²) in [5.41, 5.74) is 1.21. The van der Waals surface area contributed by atoms with Crippen LogP contribution in [0.4, 0.5) is 0 Å². The number of rotatable bonds is 7. The second-order valence-electron chi connectivity index (χ2n) is 6.00. The molecule has 0 fully saturated rings. The first kappa shape index (κ1) is 18.0. The van der Waals surface area contributed by atoms with Crippen LogP contribution in [0.15, 0.2) is 35.6 Å². The van der Waals surface area contributed by atoms with Crippen LogP contribution in [0.3, 0.4) is 0 Å². The van der Waals surface area contributed by atoms with Crippen molar-refractivity contribution in [3.8, 4) is 0 Å². The summed E-state index contributed by atoms with van der Waals surface area (Å²) < 4.78 is 1.87. The van der Waals surface area contributed by atoms with Gasteiger partial charge in [0.25, 0.3) is 0 Å². The number of imidazole rings is 1. The quantitative estimate of drug-likeness (QED) is 0.564. The molecule has 6 heteroatoms. The Morgan fingerprint density at radius 1 is 1.35 bits per heavy atom. The zero-order chi connectivity index (χ0) is 17.0. The topological polar surface area (TPSA) is 38.1 Å². The maximum atomic E-state index is 12.6. The summed E-state index contributed by atoms with van der Waals surface area (Å²) in [5.74, 6) is 1.49. The van der Waals surface area contributed by atoms with Crippen LogP contribution >= 0.6 is 23.4 Å². The van der Waals surface area contributed by atoms with Gasteiger partial charge in [-0.15, -0.1) is 0 Å². The smallest absolute Gasteiger partial charge is 0.211 e. The number of halogens is 1. The molecule has 1 atom stereocenters. The lowest BCUT2D eigenvalue weighted by Crippen LogP contribution is -2.21. The number of hydrogen-bond acceptors (Lipinski definition) is 4. The molecule has 0 aliphatic rings. The van der Waals surface area contributed by atoms with Crippen LogP contribution < -0.4 is 0 Å². The van der Waals surface area contributed by atoms with Crippen molar-refractivity contribution in [3.05, 3.63) is 46.7 Å². The van der Waals surface area contributed by atoms with E-state index in [1.54, 1.807) is 42.2 Å². The van der Waals surface area contributed by atoms with Gasteiger partial charge in [0.15, 0.2) is 5.16 Å². The van der Waals surface area contributed by atoms with Gasteiger partial charge >= 0.3 is 0 Å². The second kappa shape index (κ2) is 7.99. The molecule has 0 bridgehead atoms. The fourth-order valence-electron chi connectivity index (χ4n) is 2.38. The minimum absolute atomic E-state index is 0.0372. The van der Waals surface area contributed by atoms with E-state index in [4.69, 9.17) is 11.6 Å². The largest absolute Gasteiger partial charge is 0.319 e. The summed E-state index contributed by atoms with van der Waals surface area (Å²) in [7, 11) is 6.03. The zero-order valence-corrected chi connectivity index (χ0v) is 15.5. The molecule has 0 radical (unpaired) electrons. The number of hydrogen-bond donors (Lipinski definition) is 0. The molecule has 0 amide bonds. The summed E-state index contributed by atoms with van der Waals surface area (Å²) in [5, 5.41) is 1.49. The summed E-state index contributed by atoms with van der Waals surface area (Å²) in [6.45, 7) is 3.25. The standard InChI is InChI=1S/C17H22ClN3OS/c1-12(10-20(2)3)11-23-17-19-9-15(21(17)4)16(22)13-5-7-14(18)8-6-13/h5-9,12H,10-11H2,1-4H3. The Hall–Kier alpha value is -1.30. The van der Waals surface area contributed by atoms with Gasteiger partial charge in [0.2, 0.25) is 5.78 Å². The van der Waals surface area contributed by atoms with E-state index in [9.17, 15) is 4.79 Å². The number of nitrogens with zero attached hydrogens (tertiary/aromatic N) is 3. The van der Waals surface area contributed by atoms with Gasteiger partial charge in [-0.3, -0.25) is 4.79 Å². The number of benzene rings is 1. The van der Waals surface area contributed by atoms with Gasteiger partial charge in [-0.1, -0.05) is 30.3 Å². The van der Waals surface area contributed by atoms with Crippen molar-refractivity contribution >= 4 is 29.1 Å². The lowest BCUT2D eigenvalue weighted by atomic mass is 10.1. The molecule has 1 aromatic heterocycles. The first-order chi connectivity index (χ1) is 10.9. The highest BCUT2D eigenvalue weighted by molar-refractivity contribution is 7.99. The second-order valence-corrected chi connectivity index (χ2v) is 7.42. The molecule has 0 N–H and O–H groups in total. The molecule has 0 aliphatic carbocycles. The molecule has 0 saturated heterocycles. The van der Waals surface area contributed by atoms with E-state index in [0.717, 1.165) is 17.5 Å². The van der Waals surface area contributed by atoms with Crippen LogP contribution in [0.25, 0.3) is 0 Å². The number of carbonyl (C=O) groups is 1. The summed E-state index contributed by atoms with van der Waals surface area (Å²) >= 11 is 7.55. The number of aromatic nitrogens is 2. The number of ketones is 1. The van der Waals surface area contributed by atoms with E-state index in [0.29, 0.717) is 22.2 Å². The highest BCUT2D eigenvalue weighted by Gasteiger charge is 2.17. The predicted molar refractivity (Wildman–Crippen MR) is 96.5 cm³/mol. The predicted octanol–water partition coefficient (Wildman–Crippen LogP) is 3.59. The van der Waals surface area contributed by atoms with E-state index in [1.807, 2.05) is 11.6 Å². The van der Waals surface area contributed by atoms with Crippen LogP contribution in [-0.4, -0.2) is 46.6 Å². The van der Waals surface area contributed by atoms with Crippen molar-refractivity contribution in [2.75, 3.05) is 26.4 Å². The van der Waals surface area contributed by atoms with E-state index in [2.05, 4.69) is 30.9 Å². The minimum atomic E-state index is -0.0372. The molecular weight excluding hydrogens is 330 g/mol. The van der Waals surface area contributed by atoms with Gasteiger partial charge in [0.1, 0.15) is 5.69 Å². The van der Waals surface area contributed by atoms with Gasteiger partial charge in [0, 0.05) is 29.9 Å². The SMILES string of the molecule is CC(CSc1ncc(C(=O)c2ccc(Cl)cc2)n1C)CN(C)C. The third-order valence-corrected chi connectivity index (χ3v) is 5.08. The molecular formula is C17H22ClN3OS. The Morgan fingerprint density at radius 2 is 2.00 bits per heavy atom. The Balaban J connectivity index is 2.06. The monoisotopic (exact) mass is 351 g/mol. The third kappa shape index (κ3) is 4.83. The van der Waals surface area contributed by atoms with Crippen LogP contribution in [0, 0.1) is 5.92 Å². The Bertz CT molecular complexity index is 667. The van der Waals surface area contributed by atoms with E-state index < -0.39 is 0 Å². The summed E-state index contributed by atoms with van der Waals surface area (Å²) in [6.07, 6.45) is 1.65. The molecule has 1 aromatic carbocycles. The summed E-state index contributed by atoms with van der Waals surface area (Å²) in [4.78, 5) is 19.1. The molecule has 23 heavy (non-hydrogen) atoms. The number of thioether (sulfide) groups is 1. The average molecular weight is 352 g/mol. The van der Waals surface area contributed by atoms with Crippen molar-refractivity contribution in [2.24, 2.45) is 13.0 Å². The van der Waals surface area contributed by atoms with Crippen LogP contribution in [0.5, 0.6) is 0 Å². The molecule has 4 nitrogen and oxygen atoms in total. The highest BCUT2D eigenvalue weighted by Crippen LogP contribution is 2.22. The highest BCUT2D eigenvalue weighted by atomic mass is 35.5. The lowest BCUT2D eigenvalue weighted by molar-refractivity contribution is 0.103. The average Bonchev–Trinajstić information content (AvgIpc) is 2.85. The van der Waals surface area contributed by atoms with Crippen LogP contribution in [0.1, 0.15) is 23.0 Å². The maximum absolute atomic E-state index is 12.6. The van der Waals surface area contributed by atoms with E-state index >= 15 is 0 Å². The zero-order valence-electron chi connectivity index (χ0n) is 13.9. The third-order valence-electron chi connectivity index (χ3n) is 3.46. The molecule has 0 saturated carbocycles. The van der Waals surface area contributed by atoms with Crippen molar-refractivity contribution in [1.29, 1.82) is 0 Å². The van der Waals surface area contributed by atoms with Crippen molar-refractivity contribution in [1.82, 2.24) is 14.5 Å². The molecule has 0 spiro atoms. The van der Waals surface area contributed by atoms with Gasteiger partial charge in [-0.25, -0.2) is 4.98 Å². The number of carbonyl (C=O) groups excluding carboxylic acids is 1. The molecule has 1 heterocycles. The molecule has 1 unspecified atom stereocenters. The van der Waals surface area contributed by atoms with Gasteiger partial charge in [0.05, 0.1) is 6.20 Å². The minimum Gasteiger partial charge on any atom is -0.319 e. The first-order valence-corrected chi connectivity index (χ1v) is 8.84. The van der Waals surface area contributed by atoms with Gasteiger partial charge < -0.3 is 9.47 Å². The molecule has 124 valence electrons.